The van der Waals surface area contributed by atoms with Crippen LogP contribution < -0.4 is 14.2 Å². The van der Waals surface area contributed by atoms with Gasteiger partial charge in [-0.25, -0.2) is 0 Å². The zero-order valence-corrected chi connectivity index (χ0v) is 9.29. The van der Waals surface area contributed by atoms with Crippen molar-refractivity contribution in [3.05, 3.63) is 18.2 Å². The van der Waals surface area contributed by atoms with Gasteiger partial charge in [0, 0.05) is 17.9 Å². The molecule has 2 rings (SSSR count). The zero-order chi connectivity index (χ0) is 10.7. The molecule has 82 valence electrons. The summed E-state index contributed by atoms with van der Waals surface area (Å²) in [7, 11) is 0. The van der Waals surface area contributed by atoms with E-state index in [9.17, 15) is 0 Å². The summed E-state index contributed by atoms with van der Waals surface area (Å²) in [6.07, 6.45) is 0. The van der Waals surface area contributed by atoms with Gasteiger partial charge < -0.3 is 14.2 Å². The Kier molecular flexibility index (Phi) is 3.21. The van der Waals surface area contributed by atoms with E-state index in [0.29, 0.717) is 18.4 Å². The molecule has 0 saturated heterocycles. The van der Waals surface area contributed by atoms with Gasteiger partial charge in [-0.2, -0.15) is 0 Å². The molecule has 1 unspecified atom stereocenters. The summed E-state index contributed by atoms with van der Waals surface area (Å²) in [6, 6.07) is 5.56. The number of rotatable bonds is 4. The van der Waals surface area contributed by atoms with Crippen LogP contribution in [-0.2, 0) is 0 Å². The van der Waals surface area contributed by atoms with E-state index in [1.165, 1.54) is 0 Å². The molecule has 1 aliphatic heterocycles. The number of benzene rings is 1. The Morgan fingerprint density at radius 2 is 2.20 bits per heavy atom. The second-order valence-corrected chi connectivity index (χ2v) is 3.89. The Morgan fingerprint density at radius 1 is 1.40 bits per heavy atom. The first-order valence-corrected chi connectivity index (χ1v) is 5.41. The Balaban J connectivity index is 1.98. The van der Waals surface area contributed by atoms with Crippen LogP contribution in [0.2, 0.25) is 0 Å². The highest BCUT2D eigenvalue weighted by molar-refractivity contribution is 6.18. The van der Waals surface area contributed by atoms with E-state index in [1.54, 1.807) is 0 Å². The SMILES string of the molecule is CC(CCl)COc1ccc2c(c1)OCO2. The first-order valence-electron chi connectivity index (χ1n) is 4.88. The molecule has 0 spiro atoms. The van der Waals surface area contributed by atoms with Crippen molar-refractivity contribution < 1.29 is 14.2 Å². The number of hydrogen-bond acceptors (Lipinski definition) is 3. The average Bonchev–Trinajstić information content (AvgIpc) is 2.72. The molecule has 1 atom stereocenters. The van der Waals surface area contributed by atoms with Gasteiger partial charge in [-0.3, -0.25) is 0 Å². The predicted octanol–water partition coefficient (Wildman–Crippen LogP) is 2.67. The van der Waals surface area contributed by atoms with Crippen LogP contribution in [0.1, 0.15) is 6.92 Å². The van der Waals surface area contributed by atoms with Crippen LogP contribution >= 0.6 is 11.6 Å². The Labute approximate surface area is 93.9 Å². The number of hydrogen-bond donors (Lipinski definition) is 0. The van der Waals surface area contributed by atoms with Crippen LogP contribution in [0.4, 0.5) is 0 Å². The summed E-state index contributed by atoms with van der Waals surface area (Å²) in [5.74, 6) is 3.25. The summed E-state index contributed by atoms with van der Waals surface area (Å²) < 4.78 is 16.0. The molecule has 0 amide bonds. The largest absolute Gasteiger partial charge is 0.493 e. The fraction of sp³-hybridized carbons (Fsp3) is 0.455. The lowest BCUT2D eigenvalue weighted by Crippen LogP contribution is -2.09. The van der Waals surface area contributed by atoms with Gasteiger partial charge in [0.1, 0.15) is 5.75 Å². The summed E-state index contributed by atoms with van der Waals surface area (Å²) in [5.41, 5.74) is 0. The third-order valence-electron chi connectivity index (χ3n) is 2.14. The first kappa shape index (κ1) is 10.4. The monoisotopic (exact) mass is 228 g/mol. The van der Waals surface area contributed by atoms with Crippen molar-refractivity contribution in [1.82, 2.24) is 0 Å². The molecule has 0 radical (unpaired) electrons. The van der Waals surface area contributed by atoms with Gasteiger partial charge in [0.25, 0.3) is 0 Å². The molecule has 0 bridgehead atoms. The lowest BCUT2D eigenvalue weighted by atomic mass is 10.2. The molecule has 0 saturated carbocycles. The van der Waals surface area contributed by atoms with E-state index in [0.717, 1.165) is 17.2 Å². The second-order valence-electron chi connectivity index (χ2n) is 3.59. The van der Waals surface area contributed by atoms with Crippen LogP contribution in [0.25, 0.3) is 0 Å². The molecule has 4 heteroatoms. The molecule has 0 N–H and O–H groups in total. The Morgan fingerprint density at radius 3 is 3.00 bits per heavy atom. The van der Waals surface area contributed by atoms with E-state index in [2.05, 4.69) is 0 Å². The fourth-order valence-corrected chi connectivity index (χ4v) is 1.34. The van der Waals surface area contributed by atoms with E-state index in [-0.39, 0.29) is 6.79 Å². The van der Waals surface area contributed by atoms with Gasteiger partial charge in [0.15, 0.2) is 11.5 Å². The number of fused-ring (bicyclic) bond motifs is 1. The van der Waals surface area contributed by atoms with Crippen molar-refractivity contribution >= 4 is 11.6 Å². The second kappa shape index (κ2) is 4.62. The summed E-state index contributed by atoms with van der Waals surface area (Å²) in [5, 5.41) is 0. The van der Waals surface area contributed by atoms with Crippen molar-refractivity contribution in [2.24, 2.45) is 5.92 Å². The standard InChI is InChI=1S/C11H13ClO3/c1-8(5-12)6-13-9-2-3-10-11(4-9)15-7-14-10/h2-4,8H,5-7H2,1H3. The van der Waals surface area contributed by atoms with Crippen molar-refractivity contribution in [3.8, 4) is 17.2 Å². The van der Waals surface area contributed by atoms with Gasteiger partial charge >= 0.3 is 0 Å². The average molecular weight is 229 g/mol. The van der Waals surface area contributed by atoms with E-state index >= 15 is 0 Å². The molecule has 1 aromatic carbocycles. The lowest BCUT2D eigenvalue weighted by Gasteiger charge is -2.10. The minimum atomic E-state index is 0.289. The highest BCUT2D eigenvalue weighted by Gasteiger charge is 2.13. The Bertz CT molecular complexity index is 341. The van der Waals surface area contributed by atoms with Crippen LogP contribution in [-0.4, -0.2) is 19.3 Å². The third-order valence-corrected chi connectivity index (χ3v) is 2.67. The highest BCUT2D eigenvalue weighted by atomic mass is 35.5. The number of ether oxygens (including phenoxy) is 3. The van der Waals surface area contributed by atoms with Crippen molar-refractivity contribution in [3.63, 3.8) is 0 Å². The topological polar surface area (TPSA) is 27.7 Å². The lowest BCUT2D eigenvalue weighted by molar-refractivity contribution is 0.173. The molecule has 0 aromatic heterocycles. The van der Waals surface area contributed by atoms with E-state index in [1.807, 2.05) is 25.1 Å². The maximum atomic E-state index is 5.69. The van der Waals surface area contributed by atoms with Crippen molar-refractivity contribution in [2.75, 3.05) is 19.3 Å². The normalized spacial score (nSPS) is 15.1. The molecule has 0 fully saturated rings. The molecule has 3 nitrogen and oxygen atoms in total. The molecule has 15 heavy (non-hydrogen) atoms. The first-order chi connectivity index (χ1) is 7.29. The molecule has 1 aliphatic rings. The van der Waals surface area contributed by atoms with Crippen molar-refractivity contribution in [2.45, 2.75) is 6.92 Å². The molecular weight excluding hydrogens is 216 g/mol. The summed E-state index contributed by atoms with van der Waals surface area (Å²) in [4.78, 5) is 0. The molecule has 0 aliphatic carbocycles. The van der Waals surface area contributed by atoms with Gasteiger partial charge in [-0.05, 0) is 12.1 Å². The van der Waals surface area contributed by atoms with Gasteiger partial charge in [-0.1, -0.05) is 6.92 Å². The maximum Gasteiger partial charge on any atom is 0.231 e. The van der Waals surface area contributed by atoms with Gasteiger partial charge in [0.2, 0.25) is 6.79 Å². The van der Waals surface area contributed by atoms with E-state index < -0.39 is 0 Å². The van der Waals surface area contributed by atoms with Crippen molar-refractivity contribution in [1.29, 1.82) is 0 Å². The molecule has 1 heterocycles. The van der Waals surface area contributed by atoms with Crippen LogP contribution in [0.3, 0.4) is 0 Å². The van der Waals surface area contributed by atoms with Gasteiger partial charge in [0.05, 0.1) is 6.61 Å². The number of alkyl halides is 1. The maximum absolute atomic E-state index is 5.69. The van der Waals surface area contributed by atoms with Crippen LogP contribution in [0.15, 0.2) is 18.2 Å². The van der Waals surface area contributed by atoms with E-state index in [4.69, 9.17) is 25.8 Å². The van der Waals surface area contributed by atoms with Crippen LogP contribution in [0, 0.1) is 5.92 Å². The number of halogens is 1. The van der Waals surface area contributed by atoms with Crippen LogP contribution in [0.5, 0.6) is 17.2 Å². The summed E-state index contributed by atoms with van der Waals surface area (Å²) in [6.45, 7) is 2.94. The summed E-state index contributed by atoms with van der Waals surface area (Å²) >= 11 is 5.69. The predicted molar refractivity (Wildman–Crippen MR) is 57.9 cm³/mol. The third kappa shape index (κ3) is 2.48. The zero-order valence-electron chi connectivity index (χ0n) is 8.53. The van der Waals surface area contributed by atoms with Gasteiger partial charge in [-0.15, -0.1) is 11.6 Å². The molecule has 1 aromatic rings. The fourth-order valence-electron chi connectivity index (χ4n) is 1.25. The minimum Gasteiger partial charge on any atom is -0.493 e. The smallest absolute Gasteiger partial charge is 0.231 e. The Hall–Kier alpha value is -1.09. The highest BCUT2D eigenvalue weighted by Crippen LogP contribution is 2.35. The molecular formula is C11H13ClO3. The quantitative estimate of drug-likeness (QED) is 0.742. The minimum absolute atomic E-state index is 0.289.